The van der Waals surface area contributed by atoms with Gasteiger partial charge in [-0.15, -0.1) is 0 Å². The van der Waals surface area contributed by atoms with Gasteiger partial charge in [0.2, 0.25) is 0 Å². The number of ether oxygens (including phenoxy) is 1. The zero-order valence-electron chi connectivity index (χ0n) is 12.3. The number of methoxy groups -OCH3 is 1. The topological polar surface area (TPSA) is 64.3 Å². The van der Waals surface area contributed by atoms with Crippen LogP contribution in [0.1, 0.15) is 41.6 Å². The molecule has 110 valence electrons. The Hall–Kier alpha value is -1.55. The zero-order chi connectivity index (χ0) is 14.5. The first-order chi connectivity index (χ1) is 9.67. The first-order valence-corrected chi connectivity index (χ1v) is 7.32. The SMILES string of the molecule is COC(=O)c1cccc(NC2CCCCC2CN)c1C. The molecule has 1 fully saturated rings. The molecule has 0 bridgehead atoms. The monoisotopic (exact) mass is 276 g/mol. The number of nitrogens with two attached hydrogens (primary N) is 1. The zero-order valence-corrected chi connectivity index (χ0v) is 12.3. The summed E-state index contributed by atoms with van der Waals surface area (Å²) in [5.41, 5.74) is 8.45. The van der Waals surface area contributed by atoms with Gasteiger partial charge in [-0.3, -0.25) is 0 Å². The van der Waals surface area contributed by atoms with Crippen LogP contribution in [0.15, 0.2) is 18.2 Å². The molecule has 1 saturated carbocycles. The predicted octanol–water partition coefficient (Wildman–Crippen LogP) is 2.71. The van der Waals surface area contributed by atoms with E-state index < -0.39 is 0 Å². The van der Waals surface area contributed by atoms with Gasteiger partial charge in [-0.1, -0.05) is 18.9 Å². The summed E-state index contributed by atoms with van der Waals surface area (Å²) in [5, 5.41) is 3.58. The van der Waals surface area contributed by atoms with Gasteiger partial charge >= 0.3 is 5.97 Å². The quantitative estimate of drug-likeness (QED) is 0.830. The third-order valence-electron chi connectivity index (χ3n) is 4.29. The largest absolute Gasteiger partial charge is 0.465 e. The minimum absolute atomic E-state index is 0.287. The van der Waals surface area contributed by atoms with Crippen LogP contribution in [0.3, 0.4) is 0 Å². The molecule has 1 aliphatic carbocycles. The fourth-order valence-corrected chi connectivity index (χ4v) is 3.00. The Morgan fingerprint density at radius 3 is 2.85 bits per heavy atom. The second kappa shape index (κ2) is 6.75. The number of carbonyl (C=O) groups is 1. The third-order valence-corrected chi connectivity index (χ3v) is 4.29. The maximum atomic E-state index is 11.7. The molecule has 1 aromatic rings. The average Bonchev–Trinajstić information content (AvgIpc) is 2.49. The molecule has 0 aliphatic heterocycles. The van der Waals surface area contributed by atoms with Crippen molar-refractivity contribution in [3.63, 3.8) is 0 Å². The average molecular weight is 276 g/mol. The van der Waals surface area contributed by atoms with E-state index in [0.717, 1.165) is 17.7 Å². The number of esters is 1. The Bertz CT molecular complexity index is 474. The Morgan fingerprint density at radius 1 is 1.40 bits per heavy atom. The van der Waals surface area contributed by atoms with E-state index in [1.807, 2.05) is 19.1 Å². The molecule has 0 amide bonds. The van der Waals surface area contributed by atoms with Crippen LogP contribution in [0.4, 0.5) is 5.69 Å². The summed E-state index contributed by atoms with van der Waals surface area (Å²) in [4.78, 5) is 11.7. The molecule has 2 atom stereocenters. The molecule has 2 unspecified atom stereocenters. The van der Waals surface area contributed by atoms with E-state index in [9.17, 15) is 4.79 Å². The smallest absolute Gasteiger partial charge is 0.338 e. The normalized spacial score (nSPS) is 22.4. The molecule has 20 heavy (non-hydrogen) atoms. The van der Waals surface area contributed by atoms with Crippen molar-refractivity contribution in [2.45, 2.75) is 38.6 Å². The van der Waals surface area contributed by atoms with Crippen LogP contribution in [-0.4, -0.2) is 25.7 Å². The molecular weight excluding hydrogens is 252 g/mol. The molecule has 1 aromatic carbocycles. The minimum atomic E-state index is -0.287. The van der Waals surface area contributed by atoms with Gasteiger partial charge in [-0.05, 0) is 49.9 Å². The van der Waals surface area contributed by atoms with Crippen LogP contribution in [-0.2, 0) is 4.74 Å². The molecule has 4 heteroatoms. The first-order valence-electron chi connectivity index (χ1n) is 7.32. The molecule has 3 N–H and O–H groups in total. The molecule has 0 spiro atoms. The summed E-state index contributed by atoms with van der Waals surface area (Å²) >= 11 is 0. The van der Waals surface area contributed by atoms with Crippen molar-refractivity contribution < 1.29 is 9.53 Å². The van der Waals surface area contributed by atoms with Crippen molar-refractivity contribution in [1.82, 2.24) is 0 Å². The number of hydrogen-bond donors (Lipinski definition) is 2. The molecule has 0 saturated heterocycles. The van der Waals surface area contributed by atoms with Gasteiger partial charge < -0.3 is 15.8 Å². The van der Waals surface area contributed by atoms with Crippen LogP contribution >= 0.6 is 0 Å². The fraction of sp³-hybridized carbons (Fsp3) is 0.562. The maximum absolute atomic E-state index is 11.7. The summed E-state index contributed by atoms with van der Waals surface area (Å²) in [5.74, 6) is 0.232. The van der Waals surface area contributed by atoms with E-state index in [1.54, 1.807) is 6.07 Å². The number of carbonyl (C=O) groups excluding carboxylic acids is 1. The lowest BCUT2D eigenvalue weighted by Gasteiger charge is -2.32. The molecule has 0 radical (unpaired) electrons. The van der Waals surface area contributed by atoms with Gasteiger partial charge in [-0.25, -0.2) is 4.79 Å². The second-order valence-corrected chi connectivity index (χ2v) is 5.50. The van der Waals surface area contributed by atoms with Crippen molar-refractivity contribution in [2.75, 3.05) is 19.0 Å². The Balaban J connectivity index is 2.18. The van der Waals surface area contributed by atoms with E-state index in [2.05, 4.69) is 5.32 Å². The highest BCUT2D eigenvalue weighted by Gasteiger charge is 2.24. The van der Waals surface area contributed by atoms with Crippen molar-refractivity contribution in [2.24, 2.45) is 11.7 Å². The summed E-state index contributed by atoms with van der Waals surface area (Å²) in [7, 11) is 1.41. The van der Waals surface area contributed by atoms with E-state index in [4.69, 9.17) is 10.5 Å². The molecule has 0 aromatic heterocycles. The molecule has 2 rings (SSSR count). The van der Waals surface area contributed by atoms with Crippen LogP contribution in [0, 0.1) is 12.8 Å². The van der Waals surface area contributed by atoms with E-state index >= 15 is 0 Å². The van der Waals surface area contributed by atoms with Gasteiger partial charge in [0.25, 0.3) is 0 Å². The van der Waals surface area contributed by atoms with Crippen LogP contribution in [0.25, 0.3) is 0 Å². The lowest BCUT2D eigenvalue weighted by Crippen LogP contribution is -2.37. The number of hydrogen-bond acceptors (Lipinski definition) is 4. The number of benzene rings is 1. The van der Waals surface area contributed by atoms with Crippen LogP contribution in [0.2, 0.25) is 0 Å². The van der Waals surface area contributed by atoms with Gasteiger partial charge in [0.15, 0.2) is 0 Å². The number of anilines is 1. The highest BCUT2D eigenvalue weighted by molar-refractivity contribution is 5.92. The van der Waals surface area contributed by atoms with Gasteiger partial charge in [0, 0.05) is 11.7 Å². The molecule has 4 nitrogen and oxygen atoms in total. The maximum Gasteiger partial charge on any atom is 0.338 e. The first kappa shape index (κ1) is 14.9. The summed E-state index contributed by atoms with van der Waals surface area (Å²) in [6.07, 6.45) is 4.83. The minimum Gasteiger partial charge on any atom is -0.465 e. The fourth-order valence-electron chi connectivity index (χ4n) is 3.00. The second-order valence-electron chi connectivity index (χ2n) is 5.50. The number of rotatable bonds is 4. The lowest BCUT2D eigenvalue weighted by atomic mass is 9.84. The third kappa shape index (κ3) is 3.12. The van der Waals surface area contributed by atoms with Gasteiger partial charge in [-0.2, -0.15) is 0 Å². The lowest BCUT2D eigenvalue weighted by molar-refractivity contribution is 0.0600. The summed E-state index contributed by atoms with van der Waals surface area (Å²) < 4.78 is 4.82. The highest BCUT2D eigenvalue weighted by atomic mass is 16.5. The van der Waals surface area contributed by atoms with E-state index in [1.165, 1.54) is 26.4 Å². The summed E-state index contributed by atoms with van der Waals surface area (Å²) in [6, 6.07) is 6.11. The Labute approximate surface area is 120 Å². The standard InChI is InChI=1S/C16H24N2O2/c1-11-13(16(19)20-2)7-5-9-14(11)18-15-8-4-3-6-12(15)10-17/h5,7,9,12,15,18H,3-4,6,8,10,17H2,1-2H3. The van der Waals surface area contributed by atoms with E-state index in [-0.39, 0.29) is 5.97 Å². The highest BCUT2D eigenvalue weighted by Crippen LogP contribution is 2.28. The van der Waals surface area contributed by atoms with Crippen LogP contribution < -0.4 is 11.1 Å². The molecular formula is C16H24N2O2. The Kier molecular flexibility index (Phi) is 5.01. The van der Waals surface area contributed by atoms with Gasteiger partial charge in [0.05, 0.1) is 12.7 Å². The van der Waals surface area contributed by atoms with Crippen LogP contribution in [0.5, 0.6) is 0 Å². The Morgan fingerprint density at radius 2 is 2.15 bits per heavy atom. The molecule has 1 aliphatic rings. The van der Waals surface area contributed by atoms with E-state index in [0.29, 0.717) is 24.1 Å². The van der Waals surface area contributed by atoms with Gasteiger partial charge in [0.1, 0.15) is 0 Å². The summed E-state index contributed by atoms with van der Waals surface area (Å²) in [6.45, 7) is 2.67. The number of nitrogens with one attached hydrogen (secondary N) is 1. The van der Waals surface area contributed by atoms with Crippen molar-refractivity contribution >= 4 is 11.7 Å². The predicted molar refractivity (Wildman–Crippen MR) is 80.9 cm³/mol. The molecule has 0 heterocycles. The van der Waals surface area contributed by atoms with Crippen molar-refractivity contribution in [1.29, 1.82) is 0 Å². The van der Waals surface area contributed by atoms with Crippen molar-refractivity contribution in [3.05, 3.63) is 29.3 Å². The van der Waals surface area contributed by atoms with Crippen molar-refractivity contribution in [3.8, 4) is 0 Å².